The second-order valence-corrected chi connectivity index (χ2v) is 4.09. The Morgan fingerprint density at radius 2 is 2.06 bits per heavy atom. The molecule has 0 saturated heterocycles. The molecule has 1 rings (SSSR count). The highest BCUT2D eigenvalue weighted by molar-refractivity contribution is 5.15. The van der Waals surface area contributed by atoms with E-state index in [1.54, 1.807) is 0 Å². The van der Waals surface area contributed by atoms with Gasteiger partial charge < -0.3 is 0 Å². The van der Waals surface area contributed by atoms with Crippen LogP contribution in [0.5, 0.6) is 0 Å². The van der Waals surface area contributed by atoms with Gasteiger partial charge in [-0.2, -0.15) is 5.26 Å². The van der Waals surface area contributed by atoms with E-state index in [9.17, 15) is 0 Å². The van der Waals surface area contributed by atoms with Crippen molar-refractivity contribution >= 4 is 0 Å². The van der Waals surface area contributed by atoms with Gasteiger partial charge in [-0.3, -0.25) is 0 Å². The smallest absolute Gasteiger partial charge is 0.0621 e. The number of hydrogen-bond donors (Lipinski definition) is 0. The van der Waals surface area contributed by atoms with E-state index >= 15 is 0 Å². The van der Waals surface area contributed by atoms with Crippen LogP contribution in [0.2, 0.25) is 0 Å². The van der Waals surface area contributed by atoms with Gasteiger partial charge in [-0.25, -0.2) is 0 Å². The third-order valence-electron chi connectivity index (χ3n) is 2.63. The zero-order valence-corrected chi connectivity index (χ0v) is 9.95. The van der Waals surface area contributed by atoms with Crippen LogP contribution in [0.1, 0.15) is 38.2 Å². The average molecular weight is 213 g/mol. The first-order valence-electron chi connectivity index (χ1n) is 5.89. The van der Waals surface area contributed by atoms with Crippen LogP contribution in [0.3, 0.4) is 0 Å². The summed E-state index contributed by atoms with van der Waals surface area (Å²) in [5.74, 6) is 0. The van der Waals surface area contributed by atoms with Gasteiger partial charge >= 0.3 is 0 Å². The monoisotopic (exact) mass is 213 g/mol. The average Bonchev–Trinajstić information content (AvgIpc) is 2.31. The molecule has 0 amide bonds. The molecule has 0 spiro atoms. The number of hydrogen-bond acceptors (Lipinski definition) is 1. The van der Waals surface area contributed by atoms with Gasteiger partial charge in [0.1, 0.15) is 0 Å². The summed E-state index contributed by atoms with van der Waals surface area (Å²) in [7, 11) is 0. The first-order valence-corrected chi connectivity index (χ1v) is 5.89. The Morgan fingerprint density at radius 3 is 2.75 bits per heavy atom. The molecule has 0 atom stereocenters. The van der Waals surface area contributed by atoms with Crippen molar-refractivity contribution in [3.63, 3.8) is 0 Å². The highest BCUT2D eigenvalue weighted by Crippen LogP contribution is 2.09. The number of aryl methyl sites for hydroxylation is 1. The summed E-state index contributed by atoms with van der Waals surface area (Å²) < 4.78 is 0. The summed E-state index contributed by atoms with van der Waals surface area (Å²) >= 11 is 0. The number of nitriles is 1. The Hall–Kier alpha value is -1.55. The van der Waals surface area contributed by atoms with Crippen LogP contribution in [0, 0.1) is 11.3 Å². The Kier molecular flexibility index (Phi) is 6.03. The minimum Gasteiger partial charge on any atom is -0.198 e. The van der Waals surface area contributed by atoms with Crippen molar-refractivity contribution < 1.29 is 0 Å². The maximum atomic E-state index is 8.43. The fourth-order valence-electron chi connectivity index (χ4n) is 1.68. The SMILES string of the molecule is CC(=CCCc1ccccc1)CCCC#N. The molecular weight excluding hydrogens is 194 g/mol. The lowest BCUT2D eigenvalue weighted by atomic mass is 10.1. The van der Waals surface area contributed by atoms with Crippen molar-refractivity contribution in [3.05, 3.63) is 47.5 Å². The largest absolute Gasteiger partial charge is 0.198 e. The second-order valence-electron chi connectivity index (χ2n) is 4.09. The lowest BCUT2D eigenvalue weighted by Crippen LogP contribution is -1.84. The van der Waals surface area contributed by atoms with E-state index < -0.39 is 0 Å². The number of benzene rings is 1. The second kappa shape index (κ2) is 7.70. The third-order valence-corrected chi connectivity index (χ3v) is 2.63. The van der Waals surface area contributed by atoms with Gasteiger partial charge in [0.2, 0.25) is 0 Å². The van der Waals surface area contributed by atoms with E-state index in [0.29, 0.717) is 6.42 Å². The molecule has 0 heterocycles. The van der Waals surface area contributed by atoms with Crippen LogP contribution in [0.15, 0.2) is 42.0 Å². The van der Waals surface area contributed by atoms with Crippen LogP contribution in [-0.2, 0) is 6.42 Å². The highest BCUT2D eigenvalue weighted by atomic mass is 14.2. The summed E-state index contributed by atoms with van der Waals surface area (Å²) in [6.45, 7) is 2.16. The molecule has 0 aromatic heterocycles. The lowest BCUT2D eigenvalue weighted by Gasteiger charge is -2.00. The van der Waals surface area contributed by atoms with Crippen LogP contribution in [0.4, 0.5) is 0 Å². The maximum Gasteiger partial charge on any atom is 0.0621 e. The standard InChI is InChI=1S/C15H19N/c1-14(8-5-6-13-16)9-7-12-15-10-3-2-4-11-15/h2-4,9-11H,5-8,12H2,1H3. The van der Waals surface area contributed by atoms with Crippen molar-refractivity contribution in [2.24, 2.45) is 0 Å². The van der Waals surface area contributed by atoms with E-state index in [1.807, 2.05) is 6.07 Å². The molecule has 0 aliphatic carbocycles. The van der Waals surface area contributed by atoms with E-state index in [0.717, 1.165) is 25.7 Å². The first kappa shape index (κ1) is 12.5. The van der Waals surface area contributed by atoms with Crippen LogP contribution < -0.4 is 0 Å². The van der Waals surface area contributed by atoms with Gasteiger partial charge in [0.15, 0.2) is 0 Å². The van der Waals surface area contributed by atoms with E-state index in [-0.39, 0.29) is 0 Å². The minimum absolute atomic E-state index is 0.671. The fourth-order valence-corrected chi connectivity index (χ4v) is 1.68. The molecule has 0 N–H and O–H groups in total. The van der Waals surface area contributed by atoms with Crippen molar-refractivity contribution in [3.8, 4) is 6.07 Å². The van der Waals surface area contributed by atoms with Crippen molar-refractivity contribution in [2.75, 3.05) is 0 Å². The molecule has 1 aromatic rings. The molecular formula is C15H19N. The summed E-state index contributed by atoms with van der Waals surface area (Å²) in [6.07, 6.45) is 7.22. The molecule has 0 bridgehead atoms. The topological polar surface area (TPSA) is 23.8 Å². The van der Waals surface area contributed by atoms with Gasteiger partial charge in [-0.1, -0.05) is 42.0 Å². The van der Waals surface area contributed by atoms with E-state index in [2.05, 4.69) is 43.3 Å². The Balaban J connectivity index is 2.23. The molecule has 0 aliphatic heterocycles. The summed E-state index contributed by atoms with van der Waals surface area (Å²) in [5.41, 5.74) is 2.80. The van der Waals surface area contributed by atoms with Crippen LogP contribution in [0.25, 0.3) is 0 Å². The number of unbranched alkanes of at least 4 members (excludes halogenated alkanes) is 1. The predicted molar refractivity (Wildman–Crippen MR) is 68.0 cm³/mol. The minimum atomic E-state index is 0.671. The first-order chi connectivity index (χ1) is 7.83. The molecule has 1 nitrogen and oxygen atoms in total. The van der Waals surface area contributed by atoms with Gasteiger partial charge in [0.25, 0.3) is 0 Å². The predicted octanol–water partition coefficient (Wildman–Crippen LogP) is 4.26. The summed E-state index contributed by atoms with van der Waals surface area (Å²) in [6, 6.07) is 12.7. The molecule has 0 unspecified atom stereocenters. The quantitative estimate of drug-likeness (QED) is 0.511. The number of allylic oxidation sites excluding steroid dienone is 2. The molecule has 1 heteroatoms. The van der Waals surface area contributed by atoms with E-state index in [4.69, 9.17) is 5.26 Å². The molecule has 1 aromatic carbocycles. The maximum absolute atomic E-state index is 8.43. The summed E-state index contributed by atoms with van der Waals surface area (Å²) in [5, 5.41) is 8.43. The van der Waals surface area contributed by atoms with Crippen molar-refractivity contribution in [1.29, 1.82) is 5.26 Å². The van der Waals surface area contributed by atoms with Gasteiger partial charge in [-0.15, -0.1) is 0 Å². The normalized spacial score (nSPS) is 11.1. The van der Waals surface area contributed by atoms with Gasteiger partial charge in [0.05, 0.1) is 6.07 Å². The molecule has 16 heavy (non-hydrogen) atoms. The van der Waals surface area contributed by atoms with Gasteiger partial charge in [-0.05, 0) is 38.2 Å². The van der Waals surface area contributed by atoms with Crippen molar-refractivity contribution in [2.45, 2.75) is 39.0 Å². The Labute approximate surface area is 98.4 Å². The molecule has 0 aliphatic rings. The lowest BCUT2D eigenvalue weighted by molar-refractivity contribution is 0.829. The molecule has 0 radical (unpaired) electrons. The highest BCUT2D eigenvalue weighted by Gasteiger charge is 1.92. The zero-order chi connectivity index (χ0) is 11.6. The molecule has 0 fully saturated rings. The zero-order valence-electron chi connectivity index (χ0n) is 9.95. The Morgan fingerprint density at radius 1 is 1.31 bits per heavy atom. The third kappa shape index (κ3) is 5.36. The van der Waals surface area contributed by atoms with Crippen LogP contribution >= 0.6 is 0 Å². The number of rotatable bonds is 6. The van der Waals surface area contributed by atoms with Gasteiger partial charge in [0, 0.05) is 6.42 Å². The Bertz CT molecular complexity index is 357. The molecule has 0 saturated carbocycles. The molecule has 84 valence electrons. The van der Waals surface area contributed by atoms with Crippen molar-refractivity contribution in [1.82, 2.24) is 0 Å². The fraction of sp³-hybridized carbons (Fsp3) is 0.400. The summed E-state index contributed by atoms with van der Waals surface area (Å²) in [4.78, 5) is 0. The van der Waals surface area contributed by atoms with E-state index in [1.165, 1.54) is 11.1 Å². The van der Waals surface area contributed by atoms with Crippen LogP contribution in [-0.4, -0.2) is 0 Å². The number of nitrogens with zero attached hydrogens (tertiary/aromatic N) is 1.